The Kier molecular flexibility index (Phi) is 5.21. The Hall–Kier alpha value is -1.83. The van der Waals surface area contributed by atoms with Gasteiger partial charge >= 0.3 is 0 Å². The Morgan fingerprint density at radius 1 is 1.24 bits per heavy atom. The van der Waals surface area contributed by atoms with E-state index in [2.05, 4.69) is 5.32 Å². The van der Waals surface area contributed by atoms with Gasteiger partial charge in [0.25, 0.3) is 5.91 Å². The van der Waals surface area contributed by atoms with Crippen molar-refractivity contribution in [3.05, 3.63) is 53.6 Å². The van der Waals surface area contributed by atoms with Crippen molar-refractivity contribution in [2.45, 2.75) is 27.2 Å². The zero-order valence-electron chi connectivity index (χ0n) is 10.7. The van der Waals surface area contributed by atoms with Gasteiger partial charge in [0.1, 0.15) is 0 Å². The number of carbonyl (C=O) groups is 1. The van der Waals surface area contributed by atoms with E-state index in [0.29, 0.717) is 0 Å². The molecule has 0 spiro atoms. The first kappa shape index (κ1) is 13.2. The van der Waals surface area contributed by atoms with Crippen LogP contribution in [0.15, 0.2) is 53.6 Å². The van der Waals surface area contributed by atoms with E-state index in [1.807, 2.05) is 63.3 Å². The molecule has 0 aromatic heterocycles. The number of benzene rings is 1. The fourth-order valence-electron chi connectivity index (χ4n) is 1.43. The molecular formula is C15H19NO. The summed E-state index contributed by atoms with van der Waals surface area (Å²) in [5, 5.41) is 2.88. The van der Waals surface area contributed by atoms with Crippen LogP contribution in [0, 0.1) is 0 Å². The number of nitrogens with one attached hydrogen (secondary N) is 1. The fourth-order valence-corrected chi connectivity index (χ4v) is 1.43. The van der Waals surface area contributed by atoms with Crippen molar-refractivity contribution < 1.29 is 4.79 Å². The first-order valence-electron chi connectivity index (χ1n) is 5.85. The van der Waals surface area contributed by atoms with E-state index < -0.39 is 0 Å². The van der Waals surface area contributed by atoms with E-state index in [4.69, 9.17) is 0 Å². The second-order valence-corrected chi connectivity index (χ2v) is 4.04. The third-order valence-electron chi connectivity index (χ3n) is 2.34. The van der Waals surface area contributed by atoms with Gasteiger partial charge < -0.3 is 5.32 Å². The summed E-state index contributed by atoms with van der Waals surface area (Å²) in [5.74, 6) is -0.0547. The standard InChI is InChI=1S/C15H19NO/c1-4-5-11-14(12(2)3)15(17)16-13-9-7-6-8-10-13/h5-11H,4H2,1-3H3,(H,16,17)/b11-5-. The molecule has 0 aliphatic rings. The van der Waals surface area contributed by atoms with Crippen molar-refractivity contribution in [2.75, 3.05) is 5.32 Å². The lowest BCUT2D eigenvalue weighted by molar-refractivity contribution is -0.112. The molecule has 0 heterocycles. The quantitative estimate of drug-likeness (QED) is 0.615. The minimum Gasteiger partial charge on any atom is -0.322 e. The molecule has 1 N–H and O–H groups in total. The Morgan fingerprint density at radius 2 is 1.88 bits per heavy atom. The molecule has 1 aromatic carbocycles. The second-order valence-electron chi connectivity index (χ2n) is 4.04. The zero-order chi connectivity index (χ0) is 12.7. The fraction of sp³-hybridized carbons (Fsp3) is 0.267. The minimum absolute atomic E-state index is 0.0547. The highest BCUT2D eigenvalue weighted by Crippen LogP contribution is 2.11. The van der Waals surface area contributed by atoms with Crippen molar-refractivity contribution in [3.63, 3.8) is 0 Å². The molecule has 0 saturated heterocycles. The second kappa shape index (κ2) is 6.69. The Balaban J connectivity index is 2.81. The number of rotatable bonds is 4. The van der Waals surface area contributed by atoms with Gasteiger partial charge in [-0.3, -0.25) is 4.79 Å². The van der Waals surface area contributed by atoms with Crippen LogP contribution >= 0.6 is 0 Å². The van der Waals surface area contributed by atoms with Gasteiger partial charge in [-0.1, -0.05) is 42.8 Å². The van der Waals surface area contributed by atoms with E-state index in [-0.39, 0.29) is 5.91 Å². The molecule has 2 heteroatoms. The minimum atomic E-state index is -0.0547. The average Bonchev–Trinajstić information content (AvgIpc) is 2.30. The highest BCUT2D eigenvalue weighted by Gasteiger charge is 2.07. The summed E-state index contributed by atoms with van der Waals surface area (Å²) in [4.78, 5) is 12.0. The lowest BCUT2D eigenvalue weighted by Gasteiger charge is -2.07. The molecule has 1 rings (SSSR count). The van der Waals surface area contributed by atoms with Crippen LogP contribution in [0.2, 0.25) is 0 Å². The predicted octanol–water partition coefficient (Wildman–Crippen LogP) is 3.93. The van der Waals surface area contributed by atoms with Crippen LogP contribution in [-0.4, -0.2) is 5.91 Å². The topological polar surface area (TPSA) is 29.1 Å². The molecule has 0 radical (unpaired) electrons. The maximum atomic E-state index is 12.0. The van der Waals surface area contributed by atoms with Crippen LogP contribution in [-0.2, 0) is 4.79 Å². The summed E-state index contributed by atoms with van der Waals surface area (Å²) in [7, 11) is 0. The van der Waals surface area contributed by atoms with Gasteiger partial charge in [-0.25, -0.2) is 0 Å². The number of para-hydroxylation sites is 1. The van der Waals surface area contributed by atoms with Gasteiger partial charge in [-0.05, 0) is 32.4 Å². The van der Waals surface area contributed by atoms with Gasteiger partial charge in [0.15, 0.2) is 0 Å². The van der Waals surface area contributed by atoms with Crippen molar-refractivity contribution in [1.29, 1.82) is 0 Å². The van der Waals surface area contributed by atoms with E-state index in [0.717, 1.165) is 23.3 Å². The maximum absolute atomic E-state index is 12.0. The smallest absolute Gasteiger partial charge is 0.255 e. The lowest BCUT2D eigenvalue weighted by Crippen LogP contribution is -2.14. The number of amides is 1. The maximum Gasteiger partial charge on any atom is 0.255 e. The highest BCUT2D eigenvalue weighted by molar-refractivity contribution is 6.06. The van der Waals surface area contributed by atoms with Crippen molar-refractivity contribution >= 4 is 11.6 Å². The molecule has 17 heavy (non-hydrogen) atoms. The largest absolute Gasteiger partial charge is 0.322 e. The van der Waals surface area contributed by atoms with Crippen LogP contribution in [0.3, 0.4) is 0 Å². The molecule has 0 fully saturated rings. The van der Waals surface area contributed by atoms with E-state index in [9.17, 15) is 4.79 Å². The summed E-state index contributed by atoms with van der Waals surface area (Å²) in [6.07, 6.45) is 4.80. The lowest BCUT2D eigenvalue weighted by atomic mass is 10.1. The molecule has 0 bridgehead atoms. The molecule has 0 atom stereocenters. The molecule has 0 saturated carbocycles. The molecule has 1 aromatic rings. The van der Waals surface area contributed by atoms with Gasteiger partial charge in [0, 0.05) is 11.3 Å². The van der Waals surface area contributed by atoms with Gasteiger partial charge in [0.2, 0.25) is 0 Å². The summed E-state index contributed by atoms with van der Waals surface area (Å²) in [5.41, 5.74) is 2.57. The van der Waals surface area contributed by atoms with E-state index >= 15 is 0 Å². The third-order valence-corrected chi connectivity index (χ3v) is 2.34. The summed E-state index contributed by atoms with van der Waals surface area (Å²) >= 11 is 0. The first-order chi connectivity index (χ1) is 8.15. The van der Waals surface area contributed by atoms with Crippen molar-refractivity contribution in [3.8, 4) is 0 Å². The number of allylic oxidation sites excluding steroid dienone is 2. The van der Waals surface area contributed by atoms with Gasteiger partial charge in [-0.15, -0.1) is 0 Å². The molecule has 0 aliphatic carbocycles. The molecule has 90 valence electrons. The van der Waals surface area contributed by atoms with E-state index in [1.165, 1.54) is 0 Å². The van der Waals surface area contributed by atoms with Gasteiger partial charge in [0.05, 0.1) is 0 Å². The number of hydrogen-bond donors (Lipinski definition) is 1. The van der Waals surface area contributed by atoms with Crippen LogP contribution in [0.5, 0.6) is 0 Å². The van der Waals surface area contributed by atoms with Crippen molar-refractivity contribution in [2.24, 2.45) is 0 Å². The number of carbonyl (C=O) groups excluding carboxylic acids is 1. The predicted molar refractivity (Wildman–Crippen MR) is 72.9 cm³/mol. The van der Waals surface area contributed by atoms with E-state index in [1.54, 1.807) is 0 Å². The van der Waals surface area contributed by atoms with Crippen LogP contribution in [0.25, 0.3) is 0 Å². The average molecular weight is 229 g/mol. The Labute approximate surface area is 103 Å². The number of anilines is 1. The van der Waals surface area contributed by atoms with Crippen LogP contribution in [0.1, 0.15) is 27.2 Å². The SMILES string of the molecule is CC/C=C\C(C(=O)Nc1ccccc1)=C(C)C. The molecule has 0 unspecified atom stereocenters. The molecular weight excluding hydrogens is 210 g/mol. The Bertz CT molecular complexity index is 425. The van der Waals surface area contributed by atoms with Crippen LogP contribution < -0.4 is 5.32 Å². The first-order valence-corrected chi connectivity index (χ1v) is 5.85. The molecule has 0 aliphatic heterocycles. The van der Waals surface area contributed by atoms with Crippen molar-refractivity contribution in [1.82, 2.24) is 0 Å². The Morgan fingerprint density at radius 3 is 2.41 bits per heavy atom. The molecule has 1 amide bonds. The monoisotopic (exact) mass is 229 g/mol. The molecule has 2 nitrogen and oxygen atoms in total. The number of hydrogen-bond acceptors (Lipinski definition) is 1. The zero-order valence-corrected chi connectivity index (χ0v) is 10.7. The van der Waals surface area contributed by atoms with Gasteiger partial charge in [-0.2, -0.15) is 0 Å². The summed E-state index contributed by atoms with van der Waals surface area (Å²) in [6.45, 7) is 5.94. The highest BCUT2D eigenvalue weighted by atomic mass is 16.1. The third kappa shape index (κ3) is 4.27. The van der Waals surface area contributed by atoms with Crippen LogP contribution in [0.4, 0.5) is 5.69 Å². The summed E-state index contributed by atoms with van der Waals surface area (Å²) < 4.78 is 0. The normalized spacial score (nSPS) is 10.3. The summed E-state index contributed by atoms with van der Waals surface area (Å²) in [6, 6.07) is 9.49.